The first-order valence-electron chi connectivity index (χ1n) is 10.8. The number of hydrogen-bond acceptors (Lipinski definition) is 5. The summed E-state index contributed by atoms with van der Waals surface area (Å²) in [6.07, 6.45) is -0.508. The van der Waals surface area contributed by atoms with Crippen molar-refractivity contribution >= 4 is 22.3 Å². The Morgan fingerprint density at radius 3 is 2.18 bits per heavy atom. The van der Waals surface area contributed by atoms with Crippen molar-refractivity contribution in [3.05, 3.63) is 71.8 Å². The molecule has 2 N–H and O–H groups in total. The second kappa shape index (κ2) is 9.12. The summed E-state index contributed by atoms with van der Waals surface area (Å²) in [6.45, 7) is 2.29. The number of amides is 1. The van der Waals surface area contributed by atoms with E-state index in [2.05, 4.69) is 4.72 Å². The van der Waals surface area contributed by atoms with Gasteiger partial charge < -0.3 is 14.7 Å². The van der Waals surface area contributed by atoms with Crippen LogP contribution in [0.5, 0.6) is 0 Å². The van der Waals surface area contributed by atoms with Gasteiger partial charge in [0.25, 0.3) is 10.2 Å². The van der Waals surface area contributed by atoms with E-state index in [4.69, 9.17) is 4.74 Å². The number of carbonyl (C=O) groups is 2. The summed E-state index contributed by atoms with van der Waals surface area (Å²) < 4.78 is 35.1. The largest absolute Gasteiger partial charge is 0.480 e. The van der Waals surface area contributed by atoms with Crippen LogP contribution in [-0.4, -0.2) is 66.5 Å². The first-order chi connectivity index (χ1) is 15.8. The van der Waals surface area contributed by atoms with E-state index in [0.717, 1.165) is 11.1 Å². The van der Waals surface area contributed by atoms with Crippen LogP contribution >= 0.6 is 0 Å². The maximum absolute atomic E-state index is 13.1. The first kappa shape index (κ1) is 23.2. The second-order valence-corrected chi connectivity index (χ2v) is 10.1. The highest BCUT2D eigenvalue weighted by atomic mass is 32.2. The molecule has 10 heteroatoms. The molecule has 2 fully saturated rings. The van der Waals surface area contributed by atoms with E-state index < -0.39 is 39.6 Å². The van der Waals surface area contributed by atoms with Gasteiger partial charge in [-0.1, -0.05) is 67.6 Å². The third-order valence-corrected chi connectivity index (χ3v) is 8.09. The lowest BCUT2D eigenvalue weighted by Gasteiger charge is -2.34. The van der Waals surface area contributed by atoms with Crippen molar-refractivity contribution < 1.29 is 27.9 Å². The van der Waals surface area contributed by atoms with Gasteiger partial charge in [0.15, 0.2) is 0 Å². The number of carbonyl (C=O) groups excluding carboxylic acids is 1. The van der Waals surface area contributed by atoms with Crippen molar-refractivity contribution in [2.45, 2.75) is 25.0 Å². The van der Waals surface area contributed by atoms with Gasteiger partial charge in [0.2, 0.25) is 0 Å². The summed E-state index contributed by atoms with van der Waals surface area (Å²) >= 11 is 0. The van der Waals surface area contributed by atoms with Gasteiger partial charge in [-0.3, -0.25) is 4.79 Å². The number of carboxylic acids is 1. The third kappa shape index (κ3) is 4.59. The lowest BCUT2D eigenvalue weighted by molar-refractivity contribution is -0.140. The quantitative estimate of drug-likeness (QED) is 0.636. The number of benzene rings is 2. The number of hydrogen-bond donors (Lipinski definition) is 2. The van der Waals surface area contributed by atoms with E-state index in [1.165, 1.54) is 9.21 Å². The van der Waals surface area contributed by atoms with Crippen LogP contribution in [0.1, 0.15) is 24.0 Å². The Balaban J connectivity index is 1.37. The maximum atomic E-state index is 13.1. The number of piperazine rings is 1. The van der Waals surface area contributed by atoms with Crippen molar-refractivity contribution in [1.82, 2.24) is 13.9 Å². The minimum absolute atomic E-state index is 0.0514. The number of nitrogens with zero attached hydrogens (tertiary/aromatic N) is 2. The van der Waals surface area contributed by atoms with E-state index in [1.54, 1.807) is 31.2 Å². The lowest BCUT2D eigenvalue weighted by Crippen LogP contribution is -2.57. The van der Waals surface area contributed by atoms with Crippen molar-refractivity contribution in [3.8, 4) is 0 Å². The van der Waals surface area contributed by atoms with Crippen LogP contribution in [0.25, 0.3) is 0 Å². The molecule has 176 valence electrons. The van der Waals surface area contributed by atoms with Gasteiger partial charge in [0.1, 0.15) is 12.1 Å². The first-order valence-corrected chi connectivity index (χ1v) is 12.2. The van der Waals surface area contributed by atoms with E-state index in [0.29, 0.717) is 0 Å². The molecule has 1 amide bonds. The molecule has 1 saturated carbocycles. The maximum Gasteiger partial charge on any atom is 0.410 e. The van der Waals surface area contributed by atoms with E-state index in [1.807, 2.05) is 36.4 Å². The predicted octanol–water partition coefficient (Wildman–Crippen LogP) is 2.03. The molecule has 1 saturated heterocycles. The zero-order valence-corrected chi connectivity index (χ0v) is 19.1. The van der Waals surface area contributed by atoms with Gasteiger partial charge >= 0.3 is 12.1 Å². The molecule has 2 aliphatic rings. The molecule has 3 unspecified atom stereocenters. The van der Waals surface area contributed by atoms with Gasteiger partial charge in [0, 0.05) is 32.1 Å². The fourth-order valence-corrected chi connectivity index (χ4v) is 6.10. The van der Waals surface area contributed by atoms with Crippen LogP contribution in [0.2, 0.25) is 0 Å². The topological polar surface area (TPSA) is 116 Å². The Morgan fingerprint density at radius 1 is 1.03 bits per heavy atom. The Labute approximate surface area is 193 Å². The zero-order valence-electron chi connectivity index (χ0n) is 18.3. The smallest absolute Gasteiger partial charge is 0.410 e. The number of nitrogens with one attached hydrogen (secondary N) is 1. The Kier molecular flexibility index (Phi) is 6.42. The Hall–Kier alpha value is -2.95. The molecule has 0 bridgehead atoms. The third-order valence-electron chi connectivity index (χ3n) is 6.45. The molecule has 9 nitrogen and oxygen atoms in total. The fraction of sp³-hybridized carbons (Fsp3) is 0.391. The molecule has 0 radical (unpaired) electrons. The average Bonchev–Trinajstić information content (AvgIpc) is 3.42. The summed E-state index contributed by atoms with van der Waals surface area (Å²) in [5.41, 5.74) is 0.0502. The van der Waals surface area contributed by atoms with Crippen molar-refractivity contribution in [1.29, 1.82) is 0 Å². The highest BCUT2D eigenvalue weighted by molar-refractivity contribution is 7.87. The molecule has 0 aromatic heterocycles. The summed E-state index contributed by atoms with van der Waals surface area (Å²) in [6, 6.07) is 18.3. The van der Waals surface area contributed by atoms with Gasteiger partial charge in [-0.25, -0.2) is 4.79 Å². The number of rotatable bonds is 7. The monoisotopic (exact) mass is 473 g/mol. The van der Waals surface area contributed by atoms with E-state index >= 15 is 0 Å². The molecule has 1 aliphatic heterocycles. The van der Waals surface area contributed by atoms with Crippen LogP contribution in [0.15, 0.2) is 60.7 Å². The van der Waals surface area contributed by atoms with Crippen LogP contribution in [0.3, 0.4) is 0 Å². The van der Waals surface area contributed by atoms with Gasteiger partial charge in [-0.05, 0) is 17.0 Å². The molecule has 1 aliphatic carbocycles. The van der Waals surface area contributed by atoms with Crippen molar-refractivity contribution in [2.24, 2.45) is 5.92 Å². The predicted molar refractivity (Wildman–Crippen MR) is 121 cm³/mol. The van der Waals surface area contributed by atoms with Gasteiger partial charge in [-0.15, -0.1) is 0 Å². The molecule has 4 rings (SSSR count). The van der Waals surface area contributed by atoms with Crippen LogP contribution in [0, 0.1) is 5.92 Å². The molecule has 0 spiro atoms. The van der Waals surface area contributed by atoms with Crippen LogP contribution in [-0.2, 0) is 26.3 Å². The van der Waals surface area contributed by atoms with Crippen LogP contribution in [0.4, 0.5) is 4.79 Å². The molecule has 2 aromatic rings. The fourth-order valence-electron chi connectivity index (χ4n) is 4.50. The molecule has 1 heterocycles. The summed E-state index contributed by atoms with van der Waals surface area (Å²) in [7, 11) is -4.08. The second-order valence-electron chi connectivity index (χ2n) is 8.38. The zero-order chi connectivity index (χ0) is 23.6. The number of aliphatic carboxylic acids is 1. The van der Waals surface area contributed by atoms with Crippen LogP contribution < -0.4 is 4.72 Å². The van der Waals surface area contributed by atoms with Gasteiger partial charge in [-0.2, -0.15) is 17.4 Å². The molecular weight excluding hydrogens is 446 g/mol. The molecule has 2 aromatic carbocycles. The molecule has 33 heavy (non-hydrogen) atoms. The molecular formula is C23H27N3O6S. The standard InChI is InChI=1S/C23H27N3O6S/c1-17-20(19-10-6-3-7-11-19)23(17,21(27)28)24-33(30,31)26-14-12-25(13-15-26)22(29)32-16-18-8-4-2-5-9-18/h2-11,17,20,24H,12-16H2,1H3,(H,27,28). The lowest BCUT2D eigenvalue weighted by atomic mass is 10.1. The average molecular weight is 474 g/mol. The summed E-state index contributed by atoms with van der Waals surface area (Å²) in [5, 5.41) is 9.92. The highest BCUT2D eigenvalue weighted by Gasteiger charge is 2.70. The Bertz CT molecular complexity index is 1100. The molecule has 3 atom stereocenters. The van der Waals surface area contributed by atoms with E-state index in [-0.39, 0.29) is 32.8 Å². The minimum Gasteiger partial charge on any atom is -0.480 e. The highest BCUT2D eigenvalue weighted by Crippen LogP contribution is 2.57. The number of carboxylic acid groups (broad SMARTS) is 1. The van der Waals surface area contributed by atoms with Crippen molar-refractivity contribution in [3.63, 3.8) is 0 Å². The summed E-state index contributed by atoms with van der Waals surface area (Å²) in [5.74, 6) is -2.06. The normalized spacial score (nSPS) is 25.4. The summed E-state index contributed by atoms with van der Waals surface area (Å²) in [4.78, 5) is 25.9. The van der Waals surface area contributed by atoms with E-state index in [9.17, 15) is 23.1 Å². The SMILES string of the molecule is CC1C(c2ccccc2)C1(NS(=O)(=O)N1CCN(C(=O)OCc2ccccc2)CC1)C(=O)O. The van der Waals surface area contributed by atoms with Gasteiger partial charge in [0.05, 0.1) is 0 Å². The number of ether oxygens (including phenoxy) is 1. The van der Waals surface area contributed by atoms with Crippen molar-refractivity contribution in [2.75, 3.05) is 26.2 Å². The minimum atomic E-state index is -4.08. The Morgan fingerprint density at radius 2 is 1.61 bits per heavy atom.